The first kappa shape index (κ1) is 64.8. The second kappa shape index (κ2) is 59.7. The van der Waals surface area contributed by atoms with Gasteiger partial charge in [0.05, 0.1) is 158 Å². The normalized spacial score (nSPS) is 12.5. The summed E-state index contributed by atoms with van der Waals surface area (Å²) in [6, 6.07) is -0.545. The molecule has 9 N–H and O–H groups in total. The Labute approximate surface area is 387 Å². The van der Waals surface area contributed by atoms with Crippen molar-refractivity contribution in [2.75, 3.05) is 172 Å². The number of carbonyl (C=O) groups is 1. The second-order valence-electron chi connectivity index (χ2n) is 14.7. The molecule has 2 atom stereocenters. The fourth-order valence-electron chi connectivity index (χ4n) is 5.61. The van der Waals surface area contributed by atoms with E-state index in [4.69, 9.17) is 74.4 Å². The van der Waals surface area contributed by atoms with Crippen molar-refractivity contribution in [3.8, 4) is 0 Å². The van der Waals surface area contributed by atoms with Crippen LogP contribution < -0.4 is 22.5 Å². The molecule has 0 fully saturated rings. The van der Waals surface area contributed by atoms with Gasteiger partial charge in [0.15, 0.2) is 5.78 Å². The molecule has 0 aliphatic carbocycles. The van der Waals surface area contributed by atoms with Gasteiger partial charge in [-0.05, 0) is 32.1 Å². The molecule has 2 unspecified atom stereocenters. The number of rotatable bonds is 54. The number of nitrogens with two attached hydrogens (primary N) is 3. The maximum absolute atomic E-state index is 12.7. The van der Waals surface area contributed by atoms with Gasteiger partial charge in [-0.2, -0.15) is 0 Å². The summed E-state index contributed by atoms with van der Waals surface area (Å²) in [7, 11) is 0. The van der Waals surface area contributed by atoms with E-state index in [0.29, 0.717) is 152 Å². The lowest BCUT2D eigenvalue weighted by Crippen LogP contribution is -2.50. The van der Waals surface area contributed by atoms with E-state index in [0.717, 1.165) is 25.7 Å². The van der Waals surface area contributed by atoms with Gasteiger partial charge in [-0.15, -0.1) is 0 Å². The van der Waals surface area contributed by atoms with Crippen molar-refractivity contribution in [3.63, 3.8) is 0 Å². The monoisotopic (exact) mass is 929 g/mol. The van der Waals surface area contributed by atoms with Gasteiger partial charge < -0.3 is 79.5 Å². The highest BCUT2D eigenvalue weighted by atomic mass is 16.6. The molecule has 0 rings (SSSR count). The Morgan fingerprint density at radius 3 is 1.12 bits per heavy atom. The lowest BCUT2D eigenvalue weighted by atomic mass is 10.0. The van der Waals surface area contributed by atoms with Gasteiger partial charge in [0.2, 0.25) is 0 Å². The highest BCUT2D eigenvalue weighted by Crippen LogP contribution is 2.11. The largest absolute Gasteiger partial charge is 0.394 e. The Morgan fingerprint density at radius 1 is 0.469 bits per heavy atom. The Kier molecular flexibility index (Phi) is 60.5. The van der Waals surface area contributed by atoms with Crippen molar-refractivity contribution >= 4 is 5.78 Å². The van der Waals surface area contributed by atoms with Crippen LogP contribution in [0.3, 0.4) is 0 Å². The zero-order valence-corrected chi connectivity index (χ0v) is 40.1. The average molecular weight is 929 g/mol. The van der Waals surface area contributed by atoms with E-state index in [-0.39, 0.29) is 32.1 Å². The number of ether oxygens (including phenoxy) is 11. The van der Waals surface area contributed by atoms with Gasteiger partial charge in [-0.1, -0.05) is 70.4 Å². The summed E-state index contributed by atoms with van der Waals surface area (Å²) in [5, 5.41) is 21.4. The molecule has 18 heteroatoms. The van der Waals surface area contributed by atoms with Gasteiger partial charge in [0.1, 0.15) is 6.23 Å². The predicted octanol–water partition coefficient (Wildman–Crippen LogP) is 2.91. The van der Waals surface area contributed by atoms with Crippen LogP contribution in [0.25, 0.3) is 0 Å². The first-order valence-electron chi connectivity index (χ1n) is 24.3. The van der Waals surface area contributed by atoms with Crippen LogP contribution in [-0.4, -0.2) is 200 Å². The molecule has 0 aromatic rings. The fourth-order valence-corrected chi connectivity index (χ4v) is 5.61. The molecule has 0 aromatic heterocycles. The number of hydrogen-bond acceptors (Lipinski definition) is 18. The molecule has 0 spiro atoms. The summed E-state index contributed by atoms with van der Waals surface area (Å²) in [4.78, 5) is 12.7. The zero-order chi connectivity index (χ0) is 46.9. The number of aliphatic hydroxyl groups excluding tert-OH is 2. The summed E-state index contributed by atoms with van der Waals surface area (Å²) in [5.41, 5.74) is 15.7. The maximum atomic E-state index is 12.7. The first-order valence-corrected chi connectivity index (χ1v) is 24.3. The van der Waals surface area contributed by atoms with E-state index in [9.17, 15) is 9.90 Å². The van der Waals surface area contributed by atoms with Crippen LogP contribution >= 0.6 is 0 Å². The molecule has 0 radical (unpaired) electrons. The van der Waals surface area contributed by atoms with Crippen LogP contribution in [0.2, 0.25) is 0 Å². The minimum Gasteiger partial charge on any atom is -0.394 e. The predicted molar refractivity (Wildman–Crippen MR) is 251 cm³/mol. The van der Waals surface area contributed by atoms with E-state index >= 15 is 0 Å². The molecule has 0 bridgehead atoms. The number of ketones is 1. The SMILES string of the molecule is CCCCCCCC/C=C\CCCCCCCC(=O)C(CN)NC(CO)OCCOCCOCCOCCOCCOCCOCCOCCOCCOCCOCCO.NCCN. The quantitative estimate of drug-likeness (QED) is 0.0292. The van der Waals surface area contributed by atoms with Gasteiger partial charge in [0, 0.05) is 26.1 Å². The zero-order valence-electron chi connectivity index (χ0n) is 40.1. The van der Waals surface area contributed by atoms with Gasteiger partial charge in [0.25, 0.3) is 0 Å². The molecule has 18 nitrogen and oxygen atoms in total. The summed E-state index contributed by atoms with van der Waals surface area (Å²) in [5.74, 6) is 0.0565. The number of unbranched alkanes of at least 4 members (excludes halogenated alkanes) is 11. The fraction of sp³-hybridized carbons (Fsp3) is 0.935. The van der Waals surface area contributed by atoms with Crippen molar-refractivity contribution in [1.82, 2.24) is 5.32 Å². The third kappa shape index (κ3) is 55.1. The van der Waals surface area contributed by atoms with E-state index < -0.39 is 12.3 Å². The number of allylic oxidation sites excluding steroid dienone is 2. The van der Waals surface area contributed by atoms with Crippen LogP contribution in [0.5, 0.6) is 0 Å². The topological polar surface area (TPSA) is 249 Å². The summed E-state index contributed by atoms with van der Waals surface area (Å²) >= 11 is 0. The second-order valence-corrected chi connectivity index (χ2v) is 14.7. The molecule has 0 aromatic carbocycles. The third-order valence-corrected chi connectivity index (χ3v) is 9.16. The molecule has 0 aliphatic rings. The van der Waals surface area contributed by atoms with Gasteiger partial charge in [-0.3, -0.25) is 10.1 Å². The van der Waals surface area contributed by atoms with E-state index in [1.165, 1.54) is 57.8 Å². The van der Waals surface area contributed by atoms with E-state index in [2.05, 4.69) is 24.4 Å². The number of carbonyl (C=O) groups excluding carboxylic acids is 1. The van der Waals surface area contributed by atoms with Crippen LogP contribution in [-0.2, 0) is 56.9 Å². The van der Waals surface area contributed by atoms with Crippen molar-refractivity contribution < 1.29 is 67.1 Å². The Morgan fingerprint density at radius 2 is 0.797 bits per heavy atom. The molecule has 384 valence electrons. The van der Waals surface area contributed by atoms with Crippen LogP contribution in [0.15, 0.2) is 12.2 Å². The number of Topliss-reactive ketones (excluding diaryl/α,β-unsaturated/α-hetero) is 1. The number of hydrogen-bond donors (Lipinski definition) is 6. The van der Waals surface area contributed by atoms with E-state index in [1.54, 1.807) is 0 Å². The van der Waals surface area contributed by atoms with Crippen molar-refractivity contribution in [3.05, 3.63) is 12.2 Å². The Hall–Kier alpha value is -1.27. The average Bonchev–Trinajstić information content (AvgIpc) is 3.31. The highest BCUT2D eigenvalue weighted by Gasteiger charge is 2.20. The van der Waals surface area contributed by atoms with Gasteiger partial charge >= 0.3 is 0 Å². The lowest BCUT2D eigenvalue weighted by molar-refractivity contribution is -0.123. The molecule has 0 saturated heterocycles. The van der Waals surface area contributed by atoms with Crippen LogP contribution in [0, 0.1) is 0 Å². The van der Waals surface area contributed by atoms with Crippen molar-refractivity contribution in [1.29, 1.82) is 0 Å². The Bertz CT molecular complexity index is 902. The summed E-state index contributed by atoms with van der Waals surface area (Å²) in [6.07, 6.45) is 20.3. The number of aliphatic hydroxyl groups is 2. The smallest absolute Gasteiger partial charge is 0.151 e. The molecular formula is C46H96N4O14. The molecule has 0 heterocycles. The summed E-state index contributed by atoms with van der Waals surface area (Å²) < 4.78 is 60.0. The third-order valence-electron chi connectivity index (χ3n) is 9.16. The lowest BCUT2D eigenvalue weighted by Gasteiger charge is -2.23. The molecule has 0 aliphatic heterocycles. The van der Waals surface area contributed by atoms with E-state index in [1.807, 2.05) is 0 Å². The summed E-state index contributed by atoms with van der Waals surface area (Å²) in [6.45, 7) is 12.8. The van der Waals surface area contributed by atoms with Gasteiger partial charge in [-0.25, -0.2) is 0 Å². The highest BCUT2D eigenvalue weighted by molar-refractivity contribution is 5.84. The molecular weight excluding hydrogens is 833 g/mol. The first-order chi connectivity index (χ1) is 31.6. The van der Waals surface area contributed by atoms with Crippen molar-refractivity contribution in [2.45, 2.75) is 109 Å². The van der Waals surface area contributed by atoms with Crippen LogP contribution in [0.1, 0.15) is 96.8 Å². The molecule has 0 amide bonds. The van der Waals surface area contributed by atoms with Crippen LogP contribution in [0.4, 0.5) is 0 Å². The molecule has 64 heavy (non-hydrogen) atoms. The standard InChI is InChI=1S/C44H88N2O14.C2H8N2/c1-2-3-4-5-6-7-8-9-10-11-12-13-14-15-16-17-43(49)42(40-45)46-44(41-48)60-39-38-59-37-36-58-35-34-57-33-32-56-31-30-55-29-28-54-27-26-53-25-24-52-23-22-51-21-20-50-19-18-47;3-1-2-4/h9-10,42,44,46-48H,2-8,11-41,45H2,1H3;1-4H2/b10-9-;. The minimum absolute atomic E-state index is 0.0184. The molecule has 0 saturated carbocycles. The minimum atomic E-state index is -0.687. The number of nitrogens with one attached hydrogen (secondary N) is 1. The Balaban J connectivity index is 0. The maximum Gasteiger partial charge on any atom is 0.151 e. The van der Waals surface area contributed by atoms with Crippen molar-refractivity contribution in [2.24, 2.45) is 17.2 Å².